The molecular weight excluding hydrogens is 421 g/mol. The number of benzene rings is 3. The Labute approximate surface area is 192 Å². The van der Waals surface area contributed by atoms with Crippen LogP contribution in [0.5, 0.6) is 0 Å². The first kappa shape index (κ1) is 22.8. The maximum Gasteiger partial charge on any atom is 0.167 e. The largest absolute Gasteiger partial charge is 0.374 e. The Bertz CT molecular complexity index is 1190. The van der Waals surface area contributed by atoms with E-state index >= 15 is 0 Å². The fraction of sp³-hybridized carbons (Fsp3) is 0.172. The van der Waals surface area contributed by atoms with E-state index in [1.54, 1.807) is 48.6 Å². The molecule has 0 heterocycles. The van der Waals surface area contributed by atoms with Crippen molar-refractivity contribution >= 4 is 12.2 Å². The minimum atomic E-state index is -0.876. The molecule has 0 aromatic heterocycles. The summed E-state index contributed by atoms with van der Waals surface area (Å²) >= 11 is 0. The van der Waals surface area contributed by atoms with E-state index in [-0.39, 0.29) is 22.9 Å². The first-order chi connectivity index (χ1) is 16.0. The van der Waals surface area contributed by atoms with Crippen LogP contribution >= 0.6 is 0 Å². The van der Waals surface area contributed by atoms with Gasteiger partial charge in [0.05, 0.1) is 0 Å². The summed E-state index contributed by atoms with van der Waals surface area (Å²) < 4.78 is 48.8. The Hall–Kier alpha value is -3.37. The molecule has 1 aliphatic rings. The van der Waals surface area contributed by atoms with Crippen molar-refractivity contribution in [3.8, 4) is 22.3 Å². The van der Waals surface area contributed by atoms with Gasteiger partial charge < -0.3 is 4.74 Å². The quantitative estimate of drug-likeness (QED) is 0.370. The Morgan fingerprint density at radius 2 is 1.33 bits per heavy atom. The molecule has 3 aromatic carbocycles. The average Bonchev–Trinajstić information content (AvgIpc) is 2.85. The summed E-state index contributed by atoms with van der Waals surface area (Å²) in [6.45, 7) is 3.70. The second-order valence-electron chi connectivity index (χ2n) is 8.11. The van der Waals surface area contributed by atoms with Crippen LogP contribution in [0.3, 0.4) is 0 Å². The average molecular weight is 447 g/mol. The molecule has 1 aliphatic carbocycles. The molecule has 0 bridgehead atoms. The molecule has 4 heteroatoms. The maximum absolute atomic E-state index is 14.9. The van der Waals surface area contributed by atoms with Crippen molar-refractivity contribution in [2.75, 3.05) is 7.11 Å². The van der Waals surface area contributed by atoms with Gasteiger partial charge in [0.15, 0.2) is 11.6 Å². The Morgan fingerprint density at radius 3 is 1.82 bits per heavy atom. The third kappa shape index (κ3) is 5.01. The number of methoxy groups -OCH3 is 1. The summed E-state index contributed by atoms with van der Waals surface area (Å²) in [6.07, 6.45) is 8.17. The lowest BCUT2D eigenvalue weighted by molar-refractivity contribution is 0.0945. The fourth-order valence-corrected chi connectivity index (χ4v) is 4.06. The van der Waals surface area contributed by atoms with Gasteiger partial charge in [-0.15, -0.1) is 0 Å². The van der Waals surface area contributed by atoms with Crippen LogP contribution in [0, 0.1) is 17.6 Å². The fourth-order valence-electron chi connectivity index (χ4n) is 4.06. The smallest absolute Gasteiger partial charge is 0.167 e. The van der Waals surface area contributed by atoms with Gasteiger partial charge in [-0.05, 0) is 47.1 Å². The molecule has 0 saturated heterocycles. The highest BCUT2D eigenvalue weighted by Gasteiger charge is 2.21. The zero-order chi connectivity index (χ0) is 23.4. The van der Waals surface area contributed by atoms with Gasteiger partial charge in [0.25, 0.3) is 0 Å². The maximum atomic E-state index is 14.9. The standard InChI is InChI=1S/C29H25F3O/c1-3-19-6-11-22(12-7-19)24-15-16-25(29(32)28(24)31)23-13-8-20(9-14-23)4-5-21-10-17-27(33-2)26(30)18-21/h3-9,11-16,18,21,27H,1,10,17H2,2H3/b5-4+. The van der Waals surface area contributed by atoms with Crippen molar-refractivity contribution in [3.63, 3.8) is 0 Å². The van der Waals surface area contributed by atoms with E-state index in [4.69, 9.17) is 4.74 Å². The number of halogens is 3. The van der Waals surface area contributed by atoms with Crippen molar-refractivity contribution in [2.24, 2.45) is 5.92 Å². The van der Waals surface area contributed by atoms with E-state index in [0.717, 1.165) is 17.5 Å². The monoisotopic (exact) mass is 446 g/mol. The third-order valence-corrected chi connectivity index (χ3v) is 6.02. The highest BCUT2D eigenvalue weighted by molar-refractivity contribution is 5.73. The summed E-state index contributed by atoms with van der Waals surface area (Å²) in [5.74, 6) is -1.97. The van der Waals surface area contributed by atoms with E-state index in [9.17, 15) is 13.2 Å². The topological polar surface area (TPSA) is 9.23 Å². The van der Waals surface area contributed by atoms with Crippen LogP contribution in [0.4, 0.5) is 13.2 Å². The SMILES string of the molecule is C=Cc1ccc(-c2ccc(-c3ccc(/C=C/C4C=C(F)C(OC)CC4)cc3)c(F)c2F)cc1. The van der Waals surface area contributed by atoms with Gasteiger partial charge in [-0.1, -0.05) is 85.5 Å². The van der Waals surface area contributed by atoms with Crippen LogP contribution in [-0.2, 0) is 4.74 Å². The van der Waals surface area contributed by atoms with Crippen LogP contribution in [0.15, 0.2) is 85.2 Å². The predicted octanol–water partition coefficient (Wildman–Crippen LogP) is 8.23. The van der Waals surface area contributed by atoms with Crippen molar-refractivity contribution in [3.05, 3.63) is 108 Å². The molecule has 33 heavy (non-hydrogen) atoms. The molecule has 0 N–H and O–H groups in total. The molecule has 0 spiro atoms. The van der Waals surface area contributed by atoms with Gasteiger partial charge in [0.1, 0.15) is 11.9 Å². The highest BCUT2D eigenvalue weighted by atomic mass is 19.2. The third-order valence-electron chi connectivity index (χ3n) is 6.02. The van der Waals surface area contributed by atoms with Crippen LogP contribution in [-0.4, -0.2) is 13.2 Å². The van der Waals surface area contributed by atoms with Gasteiger partial charge in [-0.25, -0.2) is 13.2 Å². The van der Waals surface area contributed by atoms with E-state index < -0.39 is 17.7 Å². The second-order valence-corrected chi connectivity index (χ2v) is 8.11. The molecule has 4 rings (SSSR count). The molecule has 1 nitrogen and oxygen atoms in total. The van der Waals surface area contributed by atoms with Crippen LogP contribution in [0.25, 0.3) is 34.4 Å². The molecule has 0 aliphatic heterocycles. The summed E-state index contributed by atoms with van der Waals surface area (Å²) in [6, 6.07) is 17.5. The van der Waals surface area contributed by atoms with E-state index in [1.807, 2.05) is 36.4 Å². The number of rotatable bonds is 6. The van der Waals surface area contributed by atoms with E-state index in [1.165, 1.54) is 7.11 Å². The molecule has 2 unspecified atom stereocenters. The van der Waals surface area contributed by atoms with E-state index in [0.29, 0.717) is 17.5 Å². The summed E-state index contributed by atoms with van der Waals surface area (Å²) in [5.41, 5.74) is 3.43. The number of hydrogen-bond acceptors (Lipinski definition) is 1. The molecule has 0 radical (unpaired) electrons. The Balaban J connectivity index is 1.52. The van der Waals surface area contributed by atoms with Crippen LogP contribution in [0.2, 0.25) is 0 Å². The van der Waals surface area contributed by atoms with Gasteiger partial charge in [-0.2, -0.15) is 0 Å². The number of allylic oxidation sites excluding steroid dienone is 2. The minimum Gasteiger partial charge on any atom is -0.374 e. The Morgan fingerprint density at radius 1 is 0.788 bits per heavy atom. The summed E-state index contributed by atoms with van der Waals surface area (Å²) in [4.78, 5) is 0. The lowest BCUT2D eigenvalue weighted by atomic mass is 9.92. The van der Waals surface area contributed by atoms with Gasteiger partial charge in [0.2, 0.25) is 0 Å². The van der Waals surface area contributed by atoms with Crippen LogP contribution in [0.1, 0.15) is 24.0 Å². The first-order valence-corrected chi connectivity index (χ1v) is 10.9. The second kappa shape index (κ2) is 10.1. The van der Waals surface area contributed by atoms with Gasteiger partial charge in [-0.3, -0.25) is 0 Å². The summed E-state index contributed by atoms with van der Waals surface area (Å²) in [7, 11) is 1.51. The molecule has 0 fully saturated rings. The van der Waals surface area contributed by atoms with Crippen molar-refractivity contribution in [2.45, 2.75) is 18.9 Å². The van der Waals surface area contributed by atoms with E-state index in [2.05, 4.69) is 6.58 Å². The molecule has 0 amide bonds. The zero-order valence-corrected chi connectivity index (χ0v) is 18.4. The lowest BCUT2D eigenvalue weighted by Gasteiger charge is -2.21. The zero-order valence-electron chi connectivity index (χ0n) is 18.4. The van der Waals surface area contributed by atoms with Crippen molar-refractivity contribution < 1.29 is 17.9 Å². The predicted molar refractivity (Wildman–Crippen MR) is 129 cm³/mol. The first-order valence-electron chi connectivity index (χ1n) is 10.9. The van der Waals surface area contributed by atoms with Crippen molar-refractivity contribution in [1.82, 2.24) is 0 Å². The highest BCUT2D eigenvalue weighted by Crippen LogP contribution is 2.32. The van der Waals surface area contributed by atoms with Gasteiger partial charge in [0, 0.05) is 18.2 Å². The minimum absolute atomic E-state index is 0.00991. The van der Waals surface area contributed by atoms with Gasteiger partial charge >= 0.3 is 0 Å². The molecule has 2 atom stereocenters. The molecular formula is C29H25F3O. The van der Waals surface area contributed by atoms with Crippen LogP contribution < -0.4 is 0 Å². The Kier molecular flexibility index (Phi) is 6.95. The summed E-state index contributed by atoms with van der Waals surface area (Å²) in [5, 5.41) is 0. The lowest BCUT2D eigenvalue weighted by Crippen LogP contribution is -2.17. The molecule has 0 saturated carbocycles. The number of hydrogen-bond donors (Lipinski definition) is 0. The molecule has 3 aromatic rings. The molecule has 168 valence electrons. The normalized spacial score (nSPS) is 18.4. The van der Waals surface area contributed by atoms with Crippen molar-refractivity contribution in [1.29, 1.82) is 0 Å². The number of ether oxygens (including phenoxy) is 1.